The van der Waals surface area contributed by atoms with Crippen LogP contribution >= 0.6 is 0 Å². The van der Waals surface area contributed by atoms with Gasteiger partial charge < -0.3 is 19.2 Å². The number of alkyl carbamates (subject to hydrolysis) is 1. The first-order chi connectivity index (χ1) is 20.3. The molecule has 7 nitrogen and oxygen atoms in total. The maximum absolute atomic E-state index is 12.5. The van der Waals surface area contributed by atoms with Gasteiger partial charge in [0.2, 0.25) is 0 Å². The van der Waals surface area contributed by atoms with E-state index in [1.54, 1.807) is 0 Å². The van der Waals surface area contributed by atoms with Crippen molar-refractivity contribution in [2.24, 2.45) is 0 Å². The highest BCUT2D eigenvalue weighted by atomic mass is 28.4. The Morgan fingerprint density at radius 3 is 2.05 bits per heavy atom. The van der Waals surface area contributed by atoms with Crippen LogP contribution in [0, 0.1) is 11.3 Å². The fourth-order valence-electron chi connectivity index (χ4n) is 6.41. The van der Waals surface area contributed by atoms with Crippen LogP contribution in [-0.4, -0.2) is 63.3 Å². The SMILES string of the molecule is CC(C)(C)[Si](O[C@H]1COC[C@@]1(C#N)N1CCC(NC(=O)OCc2ccccc2)CC1)(c1ccccc1)c1ccccc1. The van der Waals surface area contributed by atoms with Gasteiger partial charge in [0.1, 0.15) is 12.7 Å². The van der Waals surface area contributed by atoms with Crippen LogP contribution in [0.5, 0.6) is 0 Å². The number of likely N-dealkylation sites (tertiary alicyclic amines) is 1. The molecule has 42 heavy (non-hydrogen) atoms. The number of carbonyl (C=O) groups excluding carboxylic acids is 1. The van der Waals surface area contributed by atoms with Crippen molar-refractivity contribution in [2.45, 2.75) is 62.9 Å². The molecule has 2 fully saturated rings. The Kier molecular flexibility index (Phi) is 9.14. The Morgan fingerprint density at radius 1 is 0.976 bits per heavy atom. The molecule has 0 unspecified atom stereocenters. The molecule has 5 rings (SSSR count). The number of benzene rings is 3. The Hall–Kier alpha value is -3.48. The Morgan fingerprint density at radius 2 is 1.52 bits per heavy atom. The highest BCUT2D eigenvalue weighted by Crippen LogP contribution is 2.41. The summed E-state index contributed by atoms with van der Waals surface area (Å²) in [4.78, 5) is 14.7. The van der Waals surface area contributed by atoms with E-state index in [1.165, 1.54) is 10.4 Å². The molecule has 0 radical (unpaired) electrons. The predicted octanol–water partition coefficient (Wildman–Crippen LogP) is 4.61. The topological polar surface area (TPSA) is 83.8 Å². The Labute approximate surface area is 250 Å². The van der Waals surface area contributed by atoms with Crippen LogP contribution in [0.3, 0.4) is 0 Å². The lowest BCUT2D eigenvalue weighted by Crippen LogP contribution is -2.71. The third kappa shape index (κ3) is 6.01. The molecule has 3 aromatic rings. The number of piperidine rings is 1. The third-order valence-corrected chi connectivity index (χ3v) is 13.7. The fourth-order valence-corrected chi connectivity index (χ4v) is 11.1. The molecule has 8 heteroatoms. The van der Waals surface area contributed by atoms with E-state index in [1.807, 2.05) is 42.5 Å². The second-order valence-corrected chi connectivity index (χ2v) is 16.5. The van der Waals surface area contributed by atoms with Crippen molar-refractivity contribution in [3.63, 3.8) is 0 Å². The molecule has 0 aromatic heterocycles. The van der Waals surface area contributed by atoms with Gasteiger partial charge in [-0.3, -0.25) is 4.90 Å². The molecule has 3 aromatic carbocycles. The van der Waals surface area contributed by atoms with Crippen LogP contribution in [0.15, 0.2) is 91.0 Å². The number of hydrogen-bond donors (Lipinski definition) is 1. The zero-order chi connectivity index (χ0) is 29.6. The maximum atomic E-state index is 12.5. The monoisotopic (exact) mass is 583 g/mol. The molecule has 2 saturated heterocycles. The molecule has 0 spiro atoms. The molecule has 2 atom stereocenters. The number of carbonyl (C=O) groups is 1. The fraction of sp³-hybridized carbons (Fsp3) is 0.412. The summed E-state index contributed by atoms with van der Waals surface area (Å²) in [5.41, 5.74) is 0.0397. The zero-order valence-corrected chi connectivity index (χ0v) is 25.8. The smallest absolute Gasteiger partial charge is 0.407 e. The number of ether oxygens (including phenoxy) is 2. The molecular weight excluding hydrogens is 542 g/mol. The average Bonchev–Trinajstić information content (AvgIpc) is 3.43. The van der Waals surface area contributed by atoms with Crippen molar-refractivity contribution in [2.75, 3.05) is 26.3 Å². The van der Waals surface area contributed by atoms with Crippen LogP contribution in [0.1, 0.15) is 39.2 Å². The van der Waals surface area contributed by atoms with E-state index >= 15 is 0 Å². The summed E-state index contributed by atoms with van der Waals surface area (Å²) in [6.45, 7) is 8.95. The van der Waals surface area contributed by atoms with Crippen molar-refractivity contribution in [3.05, 3.63) is 96.6 Å². The van der Waals surface area contributed by atoms with E-state index in [9.17, 15) is 10.1 Å². The van der Waals surface area contributed by atoms with Crippen LogP contribution in [-0.2, 0) is 20.5 Å². The second-order valence-electron chi connectivity index (χ2n) is 12.3. The van der Waals surface area contributed by atoms with E-state index in [-0.39, 0.29) is 17.7 Å². The number of rotatable bonds is 8. The van der Waals surface area contributed by atoms with Crippen LogP contribution in [0.25, 0.3) is 0 Å². The zero-order valence-electron chi connectivity index (χ0n) is 24.8. The van der Waals surface area contributed by atoms with Crippen LogP contribution in [0.4, 0.5) is 4.79 Å². The summed E-state index contributed by atoms with van der Waals surface area (Å²) in [7, 11) is -2.89. The summed E-state index contributed by atoms with van der Waals surface area (Å²) in [5.74, 6) is 0. The summed E-state index contributed by atoms with van der Waals surface area (Å²) in [6, 6.07) is 33.3. The molecule has 1 N–H and O–H groups in total. The van der Waals surface area contributed by atoms with Gasteiger partial charge in [0.25, 0.3) is 8.32 Å². The van der Waals surface area contributed by atoms with Crippen molar-refractivity contribution in [1.82, 2.24) is 10.2 Å². The lowest BCUT2D eigenvalue weighted by molar-refractivity contribution is 0.0269. The van der Waals surface area contributed by atoms with Gasteiger partial charge in [0.05, 0.1) is 19.3 Å². The maximum Gasteiger partial charge on any atom is 0.407 e. The van der Waals surface area contributed by atoms with Gasteiger partial charge in [0.15, 0.2) is 5.54 Å². The van der Waals surface area contributed by atoms with Crippen molar-refractivity contribution >= 4 is 24.8 Å². The second kappa shape index (κ2) is 12.8. The van der Waals surface area contributed by atoms with Crippen LogP contribution < -0.4 is 15.7 Å². The molecule has 220 valence electrons. The quantitative estimate of drug-likeness (QED) is 0.390. The minimum Gasteiger partial charge on any atom is -0.445 e. The highest BCUT2D eigenvalue weighted by Gasteiger charge is 2.58. The van der Waals surface area contributed by atoms with Gasteiger partial charge in [-0.1, -0.05) is 112 Å². The van der Waals surface area contributed by atoms with Crippen molar-refractivity contribution < 1.29 is 18.7 Å². The average molecular weight is 584 g/mol. The lowest BCUT2D eigenvalue weighted by atomic mass is 9.91. The van der Waals surface area contributed by atoms with Gasteiger partial charge >= 0.3 is 6.09 Å². The summed E-state index contributed by atoms with van der Waals surface area (Å²) in [6.07, 6.45) is 0.601. The molecule has 0 aliphatic carbocycles. The normalized spacial score (nSPS) is 21.9. The standard InChI is InChI=1S/C34H41N3O4Si/c1-33(2,3)42(29-15-9-5-10-16-29,30-17-11-6-12-18-30)41-31-24-39-26-34(31,25-35)37-21-19-28(20-22-37)36-32(38)40-23-27-13-7-4-8-14-27/h4-18,28,31H,19-24,26H2,1-3H3,(H,36,38)/t31-,34+/m0/s1. The van der Waals surface area contributed by atoms with Crippen molar-refractivity contribution in [1.29, 1.82) is 5.26 Å². The summed E-state index contributed by atoms with van der Waals surface area (Å²) >= 11 is 0. The number of nitrogens with one attached hydrogen (secondary N) is 1. The summed E-state index contributed by atoms with van der Waals surface area (Å²) < 4.78 is 18.9. The Balaban J connectivity index is 1.33. The largest absolute Gasteiger partial charge is 0.445 e. The molecule has 2 heterocycles. The van der Waals surface area contributed by atoms with E-state index in [0.29, 0.717) is 26.3 Å². The van der Waals surface area contributed by atoms with Gasteiger partial charge in [-0.15, -0.1) is 0 Å². The van der Waals surface area contributed by atoms with Crippen LogP contribution in [0.2, 0.25) is 5.04 Å². The number of nitriles is 1. The van der Waals surface area contributed by atoms with E-state index < -0.39 is 26.1 Å². The lowest BCUT2D eigenvalue weighted by Gasteiger charge is -2.48. The molecule has 0 bridgehead atoms. The highest BCUT2D eigenvalue weighted by molar-refractivity contribution is 6.99. The predicted molar refractivity (Wildman–Crippen MR) is 166 cm³/mol. The summed E-state index contributed by atoms with van der Waals surface area (Å²) in [5, 5.41) is 15.9. The van der Waals surface area contributed by atoms with Crippen molar-refractivity contribution in [3.8, 4) is 6.07 Å². The first-order valence-corrected chi connectivity index (χ1v) is 16.7. The number of hydrogen-bond acceptors (Lipinski definition) is 6. The van der Waals surface area contributed by atoms with E-state index in [4.69, 9.17) is 13.9 Å². The van der Waals surface area contributed by atoms with E-state index in [0.717, 1.165) is 18.4 Å². The van der Waals surface area contributed by atoms with Gasteiger partial charge in [-0.05, 0) is 33.8 Å². The molecule has 2 aliphatic heterocycles. The number of nitrogens with zero attached hydrogens (tertiary/aromatic N) is 2. The van der Waals surface area contributed by atoms with Gasteiger partial charge in [-0.25, -0.2) is 4.79 Å². The van der Waals surface area contributed by atoms with Gasteiger partial charge in [-0.2, -0.15) is 5.26 Å². The molecule has 1 amide bonds. The first kappa shape index (κ1) is 30.0. The number of amides is 1. The third-order valence-electron chi connectivity index (χ3n) is 8.65. The first-order valence-electron chi connectivity index (χ1n) is 14.8. The minimum atomic E-state index is -2.89. The molecular formula is C34H41N3O4Si. The van der Waals surface area contributed by atoms with Gasteiger partial charge in [0, 0.05) is 19.1 Å². The Bertz CT molecular complexity index is 1310. The molecule has 2 aliphatic rings. The minimum absolute atomic E-state index is 0.0152. The molecule has 0 saturated carbocycles. The van der Waals surface area contributed by atoms with E-state index in [2.05, 4.69) is 85.6 Å².